The third kappa shape index (κ3) is 4.91. The zero-order chi connectivity index (χ0) is 25.3. The van der Waals surface area contributed by atoms with Gasteiger partial charge in [-0.2, -0.15) is 9.36 Å². The van der Waals surface area contributed by atoms with E-state index in [4.69, 9.17) is 10.6 Å². The number of carbonyl (C=O) groups excluding carboxylic acids is 2. The van der Waals surface area contributed by atoms with Crippen molar-refractivity contribution in [2.45, 2.75) is 34.7 Å². The van der Waals surface area contributed by atoms with Crippen molar-refractivity contribution in [1.82, 2.24) is 29.8 Å². The van der Waals surface area contributed by atoms with Gasteiger partial charge in [0.05, 0.1) is 0 Å². The van der Waals surface area contributed by atoms with Crippen LogP contribution in [0.1, 0.15) is 18.7 Å². The van der Waals surface area contributed by atoms with Crippen LogP contribution in [0.3, 0.4) is 0 Å². The number of nitrogens with one attached hydrogen (secondary N) is 1. The van der Waals surface area contributed by atoms with Gasteiger partial charge in [-0.15, -0.1) is 22.0 Å². The van der Waals surface area contributed by atoms with Crippen LogP contribution in [0, 0.1) is 5.41 Å². The second kappa shape index (κ2) is 10.3. The Morgan fingerprint density at radius 3 is 2.97 bits per heavy atom. The first kappa shape index (κ1) is 24.9. The Hall–Kier alpha value is -2.76. The largest absolute Gasteiger partial charge is 0.481 e. The molecule has 1 aliphatic carbocycles. The summed E-state index contributed by atoms with van der Waals surface area (Å²) in [5.41, 5.74) is 5.94. The molecule has 2 fully saturated rings. The molecule has 3 unspecified atom stereocenters. The summed E-state index contributed by atoms with van der Waals surface area (Å²) in [7, 11) is 0. The van der Waals surface area contributed by atoms with Crippen LogP contribution < -0.4 is 11.1 Å². The van der Waals surface area contributed by atoms with Gasteiger partial charge < -0.3 is 25.9 Å². The molecular weight excluding hydrogens is 549 g/mol. The number of nitrogens with zero attached hydrogens (tertiary/aromatic N) is 6. The minimum atomic E-state index is -1.14. The Bertz CT molecular complexity index is 1220. The topological polar surface area (TPSA) is 186 Å². The molecule has 0 bridgehead atoms. The Kier molecular flexibility index (Phi) is 7.14. The number of carboxylic acids is 1. The van der Waals surface area contributed by atoms with Crippen molar-refractivity contribution >= 4 is 75.0 Å². The molecule has 2 saturated heterocycles. The maximum absolute atomic E-state index is 13.1. The molecular formula is C19H20N8O5S4. The molecule has 4 atom stereocenters. The number of amides is 2. The fraction of sp³-hybridized carbons (Fsp3) is 0.474. The smallest absolute Gasteiger partial charge is 0.313 e. The molecule has 4 N–H and O–H groups in total. The molecule has 0 saturated carbocycles. The van der Waals surface area contributed by atoms with Gasteiger partial charge in [-0.05, 0) is 18.9 Å². The number of hydrogen-bond donors (Lipinski definition) is 3. The van der Waals surface area contributed by atoms with Crippen LogP contribution in [0.5, 0.6) is 0 Å². The van der Waals surface area contributed by atoms with Crippen molar-refractivity contribution in [2.24, 2.45) is 10.6 Å². The van der Waals surface area contributed by atoms with Gasteiger partial charge in [0.15, 0.2) is 9.47 Å². The molecule has 4 heterocycles. The molecule has 0 spiro atoms. The van der Waals surface area contributed by atoms with Crippen LogP contribution in [-0.4, -0.2) is 88.6 Å². The summed E-state index contributed by atoms with van der Waals surface area (Å²) in [6.07, 6.45) is 5.14. The predicted molar refractivity (Wildman–Crippen MR) is 135 cm³/mol. The van der Waals surface area contributed by atoms with Crippen LogP contribution in [-0.2, 0) is 19.2 Å². The Balaban J connectivity index is 1.26. The van der Waals surface area contributed by atoms with Gasteiger partial charge in [0.1, 0.15) is 28.4 Å². The number of allylic oxidation sites excluding steroid dienone is 1. The number of nitrogen functional groups attached to an aromatic ring is 1. The maximum atomic E-state index is 13.1. The fourth-order valence-electron chi connectivity index (χ4n) is 3.87. The van der Waals surface area contributed by atoms with E-state index < -0.39 is 28.7 Å². The second-order valence-electron chi connectivity index (χ2n) is 8.24. The van der Waals surface area contributed by atoms with Crippen LogP contribution in [0.15, 0.2) is 27.2 Å². The van der Waals surface area contributed by atoms with Gasteiger partial charge in [0.2, 0.25) is 17.4 Å². The molecule has 3 aliphatic rings. The quantitative estimate of drug-likeness (QED) is 0.126. The van der Waals surface area contributed by atoms with E-state index in [1.807, 2.05) is 12.2 Å². The average Bonchev–Trinajstić information content (AvgIpc) is 3.65. The lowest BCUT2D eigenvalue weighted by Crippen LogP contribution is -2.74. The monoisotopic (exact) mass is 568 g/mol. The van der Waals surface area contributed by atoms with Gasteiger partial charge in [0.25, 0.3) is 5.91 Å². The number of oxime groups is 1. The number of aliphatic carboxylic acids is 1. The van der Waals surface area contributed by atoms with Crippen molar-refractivity contribution in [3.8, 4) is 0 Å². The van der Waals surface area contributed by atoms with Crippen LogP contribution >= 0.6 is 46.4 Å². The van der Waals surface area contributed by atoms with Gasteiger partial charge in [0, 0.05) is 29.6 Å². The highest BCUT2D eigenvalue weighted by molar-refractivity contribution is 8.01. The Labute approximate surface area is 221 Å². The number of fused-ring (bicyclic) bond motifs is 1. The standard InChI is InChI=1S/C19H20N8O5S4/c20-17-23-12(26-36-17)10(25-32-9-3-1-2-4-9)13(28)22-11-14(29)27-5-19(16(30)31,6-33-15(11)27)7-34-18-24-21-8-35-18/h1,3,8-9,11,15H,2,4-7H2,(H,22,28)(H,30,31)(H2,20,23,26)/t9?,11?,15-,19?/m1/s1. The van der Waals surface area contributed by atoms with E-state index >= 15 is 0 Å². The first-order valence-corrected chi connectivity index (χ1v) is 14.4. The first-order valence-electron chi connectivity index (χ1n) is 10.7. The predicted octanol–water partition coefficient (Wildman–Crippen LogP) is 0.674. The van der Waals surface area contributed by atoms with Crippen molar-refractivity contribution in [3.63, 3.8) is 0 Å². The second-order valence-corrected chi connectivity index (χ2v) is 12.2. The van der Waals surface area contributed by atoms with Crippen LogP contribution in [0.2, 0.25) is 0 Å². The number of aromatic nitrogens is 4. The van der Waals surface area contributed by atoms with Gasteiger partial charge in [-0.1, -0.05) is 34.3 Å². The maximum Gasteiger partial charge on any atom is 0.313 e. The molecule has 5 rings (SSSR count). The summed E-state index contributed by atoms with van der Waals surface area (Å²) < 4.78 is 4.72. The summed E-state index contributed by atoms with van der Waals surface area (Å²) in [5, 5.41) is 24.1. The molecule has 190 valence electrons. The molecule has 36 heavy (non-hydrogen) atoms. The Morgan fingerprint density at radius 2 is 2.31 bits per heavy atom. The van der Waals surface area contributed by atoms with E-state index in [1.54, 1.807) is 5.51 Å². The molecule has 0 aromatic carbocycles. The molecule has 0 radical (unpaired) electrons. The zero-order valence-corrected chi connectivity index (χ0v) is 21.7. The summed E-state index contributed by atoms with van der Waals surface area (Å²) >= 11 is 4.87. The molecule has 2 aromatic rings. The van der Waals surface area contributed by atoms with Gasteiger partial charge >= 0.3 is 5.97 Å². The number of rotatable bonds is 9. The van der Waals surface area contributed by atoms with Crippen molar-refractivity contribution in [3.05, 3.63) is 23.5 Å². The number of thioether (sulfide) groups is 2. The number of anilines is 1. The third-order valence-electron chi connectivity index (χ3n) is 5.81. The average molecular weight is 569 g/mol. The number of nitrogens with two attached hydrogens (primary N) is 1. The highest BCUT2D eigenvalue weighted by Crippen LogP contribution is 2.44. The zero-order valence-electron chi connectivity index (χ0n) is 18.5. The molecule has 2 amide bonds. The van der Waals surface area contributed by atoms with Crippen LogP contribution in [0.25, 0.3) is 0 Å². The van der Waals surface area contributed by atoms with Crippen molar-refractivity contribution in [1.29, 1.82) is 0 Å². The summed E-state index contributed by atoms with van der Waals surface area (Å²) in [4.78, 5) is 49.2. The highest BCUT2D eigenvalue weighted by atomic mass is 32.2. The van der Waals surface area contributed by atoms with Gasteiger partial charge in [-0.25, -0.2) is 0 Å². The van der Waals surface area contributed by atoms with E-state index in [-0.39, 0.29) is 46.7 Å². The fourth-order valence-corrected chi connectivity index (χ4v) is 7.65. The lowest BCUT2D eigenvalue weighted by molar-refractivity contribution is -0.157. The normalized spacial score (nSPS) is 27.4. The molecule has 2 aliphatic heterocycles. The van der Waals surface area contributed by atoms with Crippen molar-refractivity contribution < 1.29 is 24.3 Å². The number of carbonyl (C=O) groups is 3. The number of hydrogen-bond acceptors (Lipinski definition) is 14. The highest BCUT2D eigenvalue weighted by Gasteiger charge is 2.57. The first-order chi connectivity index (χ1) is 17.4. The Morgan fingerprint density at radius 1 is 1.44 bits per heavy atom. The molecule has 17 heteroatoms. The van der Waals surface area contributed by atoms with E-state index in [9.17, 15) is 19.5 Å². The SMILES string of the molecule is Nc1nc(C(=NOC2C=CCC2)C(=O)NC2C(=O)N3CC(CSc4nncs4)(C(=O)O)CS[C@H]23)ns1. The molecule has 13 nitrogen and oxygen atoms in total. The summed E-state index contributed by atoms with van der Waals surface area (Å²) in [6.45, 7) is 0.0409. The lowest BCUT2D eigenvalue weighted by atomic mass is 9.89. The molecule has 2 aromatic heterocycles. The summed E-state index contributed by atoms with van der Waals surface area (Å²) in [5.74, 6) is -1.48. The third-order valence-corrected chi connectivity index (χ3v) is 10.1. The number of carboxylic acid groups (broad SMARTS) is 1. The number of β-lactam (4-membered cyclic amide) rings is 1. The minimum Gasteiger partial charge on any atom is -0.481 e. The lowest BCUT2D eigenvalue weighted by Gasteiger charge is -2.53. The van der Waals surface area contributed by atoms with E-state index in [2.05, 4.69) is 30.0 Å². The van der Waals surface area contributed by atoms with E-state index in [0.29, 0.717) is 4.34 Å². The van der Waals surface area contributed by atoms with Crippen LogP contribution in [0.4, 0.5) is 5.13 Å². The van der Waals surface area contributed by atoms with E-state index in [0.717, 1.165) is 24.4 Å². The summed E-state index contributed by atoms with van der Waals surface area (Å²) in [6, 6.07) is -0.835. The minimum absolute atomic E-state index is 0.00972. The van der Waals surface area contributed by atoms with Gasteiger partial charge in [-0.3, -0.25) is 14.4 Å². The van der Waals surface area contributed by atoms with Crippen molar-refractivity contribution in [2.75, 3.05) is 23.8 Å². The van der Waals surface area contributed by atoms with E-state index in [1.165, 1.54) is 39.8 Å².